The minimum absolute atomic E-state index is 0.411. The molecule has 0 aliphatic heterocycles. The molecule has 26 heavy (non-hydrogen) atoms. The zero-order valence-electron chi connectivity index (χ0n) is 15.2. The maximum Gasteiger partial charge on any atom is 0.247 e. The van der Waals surface area contributed by atoms with Crippen molar-refractivity contribution in [2.24, 2.45) is 0 Å². The molecule has 3 aromatic rings. The molecular formula is C20H22N2O4. The molecule has 0 aliphatic carbocycles. The summed E-state index contributed by atoms with van der Waals surface area (Å²) in [5.74, 6) is 3.41. The minimum Gasteiger partial charge on any atom is -0.497 e. The molecule has 0 amide bonds. The summed E-state index contributed by atoms with van der Waals surface area (Å²) < 4.78 is 22.0. The van der Waals surface area contributed by atoms with Crippen LogP contribution in [-0.4, -0.2) is 24.4 Å². The van der Waals surface area contributed by atoms with E-state index in [1.807, 2.05) is 42.5 Å². The predicted octanol–water partition coefficient (Wildman–Crippen LogP) is 4.29. The van der Waals surface area contributed by atoms with Gasteiger partial charge in [-0.25, -0.2) is 0 Å². The molecule has 1 heterocycles. The molecule has 1 aromatic heterocycles. The first-order chi connectivity index (χ1) is 12.7. The van der Waals surface area contributed by atoms with E-state index in [0.717, 1.165) is 41.2 Å². The van der Waals surface area contributed by atoms with E-state index in [4.69, 9.17) is 18.6 Å². The average Bonchev–Trinajstić information content (AvgIpc) is 3.15. The summed E-state index contributed by atoms with van der Waals surface area (Å²) in [5.41, 5.74) is 1.83. The highest BCUT2D eigenvalue weighted by molar-refractivity contribution is 5.54. The van der Waals surface area contributed by atoms with Crippen molar-refractivity contribution in [3.05, 3.63) is 53.9 Å². The van der Waals surface area contributed by atoms with Crippen LogP contribution in [-0.2, 0) is 13.0 Å². The van der Waals surface area contributed by atoms with Gasteiger partial charge in [0.2, 0.25) is 11.8 Å². The lowest BCUT2D eigenvalue weighted by Gasteiger charge is -2.10. The Morgan fingerprint density at radius 2 is 1.58 bits per heavy atom. The Kier molecular flexibility index (Phi) is 5.73. The fourth-order valence-electron chi connectivity index (χ4n) is 2.50. The second-order valence-electron chi connectivity index (χ2n) is 5.78. The molecule has 0 bridgehead atoms. The van der Waals surface area contributed by atoms with Gasteiger partial charge in [-0.15, -0.1) is 10.2 Å². The third kappa shape index (κ3) is 4.33. The molecule has 0 N–H and O–H groups in total. The van der Waals surface area contributed by atoms with E-state index >= 15 is 0 Å². The number of methoxy groups -OCH3 is 2. The monoisotopic (exact) mass is 354 g/mol. The number of aromatic nitrogens is 2. The SMILES string of the molecule is CCCc1nnc(-c2ccc(OCc3cc(OC)cc(OC)c3)cc2)o1. The van der Waals surface area contributed by atoms with Gasteiger partial charge in [0.1, 0.15) is 23.9 Å². The van der Waals surface area contributed by atoms with Gasteiger partial charge in [0, 0.05) is 18.1 Å². The number of ether oxygens (including phenoxy) is 3. The van der Waals surface area contributed by atoms with Crippen molar-refractivity contribution in [2.45, 2.75) is 26.4 Å². The first kappa shape index (κ1) is 17.8. The van der Waals surface area contributed by atoms with Crippen LogP contribution in [0.1, 0.15) is 24.8 Å². The van der Waals surface area contributed by atoms with Crippen LogP contribution in [0.3, 0.4) is 0 Å². The van der Waals surface area contributed by atoms with Crippen LogP contribution in [0.15, 0.2) is 46.9 Å². The summed E-state index contributed by atoms with van der Waals surface area (Å²) in [6, 6.07) is 13.3. The number of rotatable bonds is 8. The second kappa shape index (κ2) is 8.38. The molecule has 136 valence electrons. The summed E-state index contributed by atoms with van der Waals surface area (Å²) >= 11 is 0. The largest absolute Gasteiger partial charge is 0.497 e. The van der Waals surface area contributed by atoms with E-state index in [1.165, 1.54) is 0 Å². The number of hydrogen-bond donors (Lipinski definition) is 0. The average molecular weight is 354 g/mol. The molecule has 0 unspecified atom stereocenters. The molecule has 0 radical (unpaired) electrons. The minimum atomic E-state index is 0.411. The summed E-state index contributed by atoms with van der Waals surface area (Å²) in [4.78, 5) is 0. The molecule has 0 fully saturated rings. The van der Waals surface area contributed by atoms with Gasteiger partial charge >= 0.3 is 0 Å². The van der Waals surface area contributed by atoms with Crippen LogP contribution < -0.4 is 14.2 Å². The first-order valence-electron chi connectivity index (χ1n) is 8.49. The van der Waals surface area contributed by atoms with E-state index in [-0.39, 0.29) is 0 Å². The lowest BCUT2D eigenvalue weighted by molar-refractivity contribution is 0.304. The standard InChI is InChI=1S/C20H22N2O4/c1-4-5-19-21-22-20(26-19)15-6-8-16(9-7-15)25-13-14-10-17(23-2)12-18(11-14)24-3/h6-12H,4-5,13H2,1-3H3. The highest BCUT2D eigenvalue weighted by Gasteiger charge is 2.08. The third-order valence-electron chi connectivity index (χ3n) is 3.85. The van der Waals surface area contributed by atoms with Gasteiger partial charge in [-0.3, -0.25) is 0 Å². The Morgan fingerprint density at radius 1 is 0.885 bits per heavy atom. The van der Waals surface area contributed by atoms with Crippen molar-refractivity contribution in [2.75, 3.05) is 14.2 Å². The Balaban J connectivity index is 1.66. The van der Waals surface area contributed by atoms with Crippen molar-refractivity contribution in [3.8, 4) is 28.7 Å². The molecule has 2 aromatic carbocycles. The van der Waals surface area contributed by atoms with E-state index in [2.05, 4.69) is 17.1 Å². The molecule has 0 spiro atoms. The summed E-state index contributed by atoms with van der Waals surface area (Å²) in [6.07, 6.45) is 1.77. The highest BCUT2D eigenvalue weighted by atomic mass is 16.5. The van der Waals surface area contributed by atoms with Crippen LogP contribution >= 0.6 is 0 Å². The molecule has 0 atom stereocenters. The number of benzene rings is 2. The van der Waals surface area contributed by atoms with Gasteiger partial charge in [0.05, 0.1) is 14.2 Å². The van der Waals surface area contributed by atoms with Crippen molar-refractivity contribution in [3.63, 3.8) is 0 Å². The maximum atomic E-state index is 5.85. The number of hydrogen-bond acceptors (Lipinski definition) is 6. The molecule has 6 heteroatoms. The Labute approximate surface area is 152 Å². The first-order valence-corrected chi connectivity index (χ1v) is 8.49. The molecular weight excluding hydrogens is 332 g/mol. The van der Waals surface area contributed by atoms with Gasteiger partial charge < -0.3 is 18.6 Å². The Hall–Kier alpha value is -3.02. The molecule has 0 saturated carbocycles. The van der Waals surface area contributed by atoms with Crippen LogP contribution in [0.25, 0.3) is 11.5 Å². The van der Waals surface area contributed by atoms with Gasteiger partial charge in [-0.2, -0.15) is 0 Å². The third-order valence-corrected chi connectivity index (χ3v) is 3.85. The Morgan fingerprint density at radius 3 is 2.19 bits per heavy atom. The highest BCUT2D eigenvalue weighted by Crippen LogP contribution is 2.25. The lowest BCUT2D eigenvalue weighted by atomic mass is 10.2. The molecule has 0 aliphatic rings. The normalized spacial score (nSPS) is 10.6. The van der Waals surface area contributed by atoms with Gasteiger partial charge in [0.15, 0.2) is 0 Å². The van der Waals surface area contributed by atoms with Crippen LogP contribution in [0.4, 0.5) is 0 Å². The Bertz CT molecular complexity index is 821. The lowest BCUT2D eigenvalue weighted by Crippen LogP contribution is -1.97. The van der Waals surface area contributed by atoms with Crippen molar-refractivity contribution in [1.29, 1.82) is 0 Å². The second-order valence-corrected chi connectivity index (χ2v) is 5.78. The zero-order chi connectivity index (χ0) is 18.4. The maximum absolute atomic E-state index is 5.85. The number of aryl methyl sites for hydroxylation is 1. The molecule has 6 nitrogen and oxygen atoms in total. The summed E-state index contributed by atoms with van der Waals surface area (Å²) in [6.45, 7) is 2.49. The summed E-state index contributed by atoms with van der Waals surface area (Å²) in [7, 11) is 3.25. The molecule has 3 rings (SSSR count). The van der Waals surface area contributed by atoms with E-state index < -0.39 is 0 Å². The van der Waals surface area contributed by atoms with Crippen LogP contribution in [0.5, 0.6) is 17.2 Å². The molecule has 0 saturated heterocycles. The van der Waals surface area contributed by atoms with Gasteiger partial charge in [-0.1, -0.05) is 6.92 Å². The smallest absolute Gasteiger partial charge is 0.247 e. The zero-order valence-corrected chi connectivity index (χ0v) is 15.2. The predicted molar refractivity (Wildman–Crippen MR) is 97.6 cm³/mol. The number of nitrogens with zero attached hydrogens (tertiary/aromatic N) is 2. The van der Waals surface area contributed by atoms with E-state index in [9.17, 15) is 0 Å². The topological polar surface area (TPSA) is 66.6 Å². The van der Waals surface area contributed by atoms with Crippen molar-refractivity contribution in [1.82, 2.24) is 10.2 Å². The van der Waals surface area contributed by atoms with Crippen LogP contribution in [0.2, 0.25) is 0 Å². The fraction of sp³-hybridized carbons (Fsp3) is 0.300. The van der Waals surface area contributed by atoms with Crippen LogP contribution in [0, 0.1) is 0 Å². The fourth-order valence-corrected chi connectivity index (χ4v) is 2.50. The van der Waals surface area contributed by atoms with E-state index in [1.54, 1.807) is 14.2 Å². The van der Waals surface area contributed by atoms with Crippen molar-refractivity contribution < 1.29 is 18.6 Å². The van der Waals surface area contributed by atoms with Crippen molar-refractivity contribution >= 4 is 0 Å². The quantitative estimate of drug-likeness (QED) is 0.601. The summed E-state index contributed by atoms with van der Waals surface area (Å²) in [5, 5.41) is 8.12. The van der Waals surface area contributed by atoms with E-state index in [0.29, 0.717) is 18.4 Å². The van der Waals surface area contributed by atoms with Gasteiger partial charge in [0.25, 0.3) is 0 Å². The van der Waals surface area contributed by atoms with Gasteiger partial charge in [-0.05, 0) is 48.4 Å².